The molecule has 0 aromatic heterocycles. The third-order valence-corrected chi connectivity index (χ3v) is 4.13. The average molecular weight is 431 g/mol. The van der Waals surface area contributed by atoms with E-state index in [1.54, 1.807) is 0 Å². The fraction of sp³-hybridized carbons (Fsp3) is 0.562. The SMILES string of the molecule is CC(C)C[C@@H](C)[C@H](C(=O)OCC(Cl)(Cl)Cl)c1ccc(Br)cc1. The maximum Gasteiger partial charge on any atom is 0.313 e. The van der Waals surface area contributed by atoms with Crippen LogP contribution in [0.3, 0.4) is 0 Å². The molecule has 2 nitrogen and oxygen atoms in total. The quantitative estimate of drug-likeness (QED) is 0.401. The summed E-state index contributed by atoms with van der Waals surface area (Å²) in [5.41, 5.74) is 0.908. The van der Waals surface area contributed by atoms with Gasteiger partial charge in [-0.2, -0.15) is 0 Å². The molecule has 0 heterocycles. The van der Waals surface area contributed by atoms with Crippen molar-refractivity contribution >= 4 is 56.7 Å². The number of benzene rings is 1. The van der Waals surface area contributed by atoms with Gasteiger partial charge < -0.3 is 4.74 Å². The van der Waals surface area contributed by atoms with Gasteiger partial charge in [-0.25, -0.2) is 0 Å². The summed E-state index contributed by atoms with van der Waals surface area (Å²) < 4.78 is 4.57. The minimum absolute atomic E-state index is 0.129. The zero-order valence-electron chi connectivity index (χ0n) is 12.8. The summed E-state index contributed by atoms with van der Waals surface area (Å²) in [4.78, 5) is 12.5. The van der Waals surface area contributed by atoms with Crippen molar-refractivity contribution in [3.8, 4) is 0 Å². The van der Waals surface area contributed by atoms with Crippen molar-refractivity contribution in [1.29, 1.82) is 0 Å². The van der Waals surface area contributed by atoms with Crippen molar-refractivity contribution in [2.75, 3.05) is 6.61 Å². The van der Waals surface area contributed by atoms with Crippen LogP contribution in [0.5, 0.6) is 0 Å². The van der Waals surface area contributed by atoms with Crippen LogP contribution in [0.4, 0.5) is 0 Å². The predicted octanol–water partition coefficient (Wildman–Crippen LogP) is 6.13. The summed E-state index contributed by atoms with van der Waals surface area (Å²) in [7, 11) is 0. The van der Waals surface area contributed by atoms with Gasteiger partial charge in [0.1, 0.15) is 6.61 Å². The zero-order chi connectivity index (χ0) is 16.9. The minimum atomic E-state index is -1.60. The lowest BCUT2D eigenvalue weighted by molar-refractivity contribution is -0.146. The molecule has 0 saturated carbocycles. The molecule has 0 fully saturated rings. The Bertz CT molecular complexity index is 483. The van der Waals surface area contributed by atoms with E-state index in [0.29, 0.717) is 5.92 Å². The van der Waals surface area contributed by atoms with Crippen LogP contribution in [0.25, 0.3) is 0 Å². The summed E-state index contributed by atoms with van der Waals surface area (Å²) in [6.45, 7) is 6.05. The zero-order valence-corrected chi connectivity index (χ0v) is 16.6. The van der Waals surface area contributed by atoms with Crippen molar-refractivity contribution in [2.24, 2.45) is 11.8 Å². The van der Waals surface area contributed by atoms with Gasteiger partial charge in [0.05, 0.1) is 5.92 Å². The van der Waals surface area contributed by atoms with E-state index in [-0.39, 0.29) is 24.4 Å². The molecule has 6 heteroatoms. The molecule has 0 aliphatic heterocycles. The van der Waals surface area contributed by atoms with Gasteiger partial charge in [-0.1, -0.05) is 83.6 Å². The monoisotopic (exact) mass is 428 g/mol. The lowest BCUT2D eigenvalue weighted by atomic mass is 9.82. The van der Waals surface area contributed by atoms with E-state index >= 15 is 0 Å². The molecule has 0 bridgehead atoms. The van der Waals surface area contributed by atoms with E-state index in [1.165, 1.54) is 0 Å². The number of esters is 1. The van der Waals surface area contributed by atoms with Crippen LogP contribution in [0.15, 0.2) is 28.7 Å². The Labute approximate surface area is 155 Å². The number of alkyl halides is 3. The minimum Gasteiger partial charge on any atom is -0.461 e. The van der Waals surface area contributed by atoms with Gasteiger partial charge in [0, 0.05) is 4.47 Å². The van der Waals surface area contributed by atoms with Crippen molar-refractivity contribution in [3.05, 3.63) is 34.3 Å². The highest BCUT2D eigenvalue weighted by Crippen LogP contribution is 2.33. The lowest BCUT2D eigenvalue weighted by Crippen LogP contribution is -2.26. The van der Waals surface area contributed by atoms with Gasteiger partial charge in [-0.3, -0.25) is 4.79 Å². The number of hydrogen-bond donors (Lipinski definition) is 0. The van der Waals surface area contributed by atoms with Crippen LogP contribution in [-0.2, 0) is 9.53 Å². The molecule has 0 radical (unpaired) electrons. The molecule has 2 atom stereocenters. The molecule has 0 aliphatic carbocycles. The first-order valence-corrected chi connectivity index (χ1v) is 9.01. The van der Waals surface area contributed by atoms with E-state index in [9.17, 15) is 4.79 Å². The Morgan fingerprint density at radius 1 is 1.18 bits per heavy atom. The van der Waals surface area contributed by atoms with Crippen LogP contribution in [-0.4, -0.2) is 16.4 Å². The van der Waals surface area contributed by atoms with Gasteiger partial charge in [-0.15, -0.1) is 0 Å². The fourth-order valence-electron chi connectivity index (χ4n) is 2.49. The molecule has 0 aliphatic rings. The maximum atomic E-state index is 12.5. The highest BCUT2D eigenvalue weighted by atomic mass is 79.9. The number of carbonyl (C=O) groups excluding carboxylic acids is 1. The predicted molar refractivity (Wildman–Crippen MR) is 96.8 cm³/mol. The van der Waals surface area contributed by atoms with Gasteiger partial charge >= 0.3 is 5.97 Å². The van der Waals surface area contributed by atoms with E-state index in [0.717, 1.165) is 16.5 Å². The Morgan fingerprint density at radius 3 is 2.18 bits per heavy atom. The standard InChI is InChI=1S/C16H20BrCl3O2/c1-10(2)8-11(3)14(12-4-6-13(17)7-5-12)15(21)22-9-16(18,19)20/h4-7,10-11,14H,8-9H2,1-3H3/t11-,14+/m1/s1. The van der Waals surface area contributed by atoms with Gasteiger partial charge in [0.15, 0.2) is 0 Å². The number of hydrogen-bond acceptors (Lipinski definition) is 2. The summed E-state index contributed by atoms with van der Waals surface area (Å²) >= 11 is 20.4. The third kappa shape index (κ3) is 7.08. The van der Waals surface area contributed by atoms with Crippen LogP contribution < -0.4 is 0 Å². The fourth-order valence-corrected chi connectivity index (χ4v) is 2.92. The molecule has 1 rings (SSSR count). The van der Waals surface area contributed by atoms with Crippen molar-refractivity contribution in [1.82, 2.24) is 0 Å². The molecule has 0 amide bonds. The first-order valence-electron chi connectivity index (χ1n) is 7.09. The largest absolute Gasteiger partial charge is 0.461 e. The highest BCUT2D eigenvalue weighted by Gasteiger charge is 2.31. The molecular weight excluding hydrogens is 410 g/mol. The van der Waals surface area contributed by atoms with E-state index in [4.69, 9.17) is 39.5 Å². The van der Waals surface area contributed by atoms with Gasteiger partial charge in [-0.05, 0) is 36.0 Å². The maximum absolute atomic E-state index is 12.5. The third-order valence-electron chi connectivity index (χ3n) is 3.27. The normalized spacial score (nSPS) is 14.7. The van der Waals surface area contributed by atoms with E-state index < -0.39 is 3.79 Å². The molecule has 22 heavy (non-hydrogen) atoms. The molecule has 0 N–H and O–H groups in total. The second-order valence-corrected chi connectivity index (χ2v) is 9.29. The van der Waals surface area contributed by atoms with Crippen LogP contribution in [0.2, 0.25) is 0 Å². The lowest BCUT2D eigenvalue weighted by Gasteiger charge is -2.25. The number of halogens is 4. The van der Waals surface area contributed by atoms with E-state index in [2.05, 4.69) is 29.8 Å². The van der Waals surface area contributed by atoms with Crippen LogP contribution in [0.1, 0.15) is 38.7 Å². The molecule has 124 valence electrons. The topological polar surface area (TPSA) is 26.3 Å². The average Bonchev–Trinajstić information content (AvgIpc) is 2.37. The summed E-state index contributed by atoms with van der Waals surface area (Å²) in [6.07, 6.45) is 0.906. The molecule has 0 saturated heterocycles. The van der Waals surface area contributed by atoms with Crippen LogP contribution >= 0.6 is 50.7 Å². The van der Waals surface area contributed by atoms with Gasteiger partial charge in [0.25, 0.3) is 0 Å². The van der Waals surface area contributed by atoms with E-state index in [1.807, 2.05) is 31.2 Å². The number of carbonyl (C=O) groups is 1. The second kappa shape index (κ2) is 8.77. The Hall–Kier alpha value is 0.0400. The molecule has 0 spiro atoms. The second-order valence-electron chi connectivity index (χ2n) is 5.86. The Balaban J connectivity index is 2.95. The Morgan fingerprint density at radius 2 is 1.73 bits per heavy atom. The number of ether oxygens (including phenoxy) is 1. The van der Waals surface area contributed by atoms with Crippen LogP contribution in [0, 0.1) is 11.8 Å². The highest BCUT2D eigenvalue weighted by molar-refractivity contribution is 9.10. The first kappa shape index (κ1) is 20.1. The smallest absolute Gasteiger partial charge is 0.313 e. The van der Waals surface area contributed by atoms with Gasteiger partial charge in [0.2, 0.25) is 3.79 Å². The van der Waals surface area contributed by atoms with Crippen molar-refractivity contribution in [3.63, 3.8) is 0 Å². The Kier molecular flexibility index (Phi) is 8.01. The summed E-state index contributed by atoms with van der Waals surface area (Å²) in [5, 5.41) is 0. The summed E-state index contributed by atoms with van der Waals surface area (Å²) in [5.74, 6) is -0.123. The summed E-state index contributed by atoms with van der Waals surface area (Å²) in [6, 6.07) is 7.66. The number of rotatable bonds is 6. The molecular formula is C16H20BrCl3O2. The van der Waals surface area contributed by atoms with Crippen molar-refractivity contribution < 1.29 is 9.53 Å². The molecule has 0 unspecified atom stereocenters. The first-order chi connectivity index (χ1) is 10.1. The molecule has 1 aromatic carbocycles. The molecule has 1 aromatic rings. The van der Waals surface area contributed by atoms with Crippen molar-refractivity contribution in [2.45, 2.75) is 36.9 Å².